The van der Waals surface area contributed by atoms with Gasteiger partial charge in [-0.3, -0.25) is 9.59 Å². The van der Waals surface area contributed by atoms with E-state index in [0.717, 1.165) is 18.4 Å². The van der Waals surface area contributed by atoms with Crippen LogP contribution in [0.2, 0.25) is 0 Å². The van der Waals surface area contributed by atoms with Crippen molar-refractivity contribution < 1.29 is 9.59 Å². The molecule has 2 amide bonds. The van der Waals surface area contributed by atoms with Crippen LogP contribution in [0.3, 0.4) is 0 Å². The Morgan fingerprint density at radius 2 is 1.48 bits per heavy atom. The molecule has 0 heterocycles. The highest BCUT2D eigenvalue weighted by atomic mass is 16.2. The third kappa shape index (κ3) is 12.8. The molecule has 5 nitrogen and oxygen atoms in total. The van der Waals surface area contributed by atoms with E-state index < -0.39 is 0 Å². The first kappa shape index (κ1) is 22.9. The van der Waals surface area contributed by atoms with Gasteiger partial charge in [0, 0.05) is 6.42 Å². The first-order valence-corrected chi connectivity index (χ1v) is 10.3. The SMILES string of the molecule is CCCCCCCCCCCC(=O)NCC(=O)N/N=C/c1ccc(C)cc1. The Bertz CT molecular complexity index is 567. The van der Waals surface area contributed by atoms with Gasteiger partial charge >= 0.3 is 0 Å². The lowest BCUT2D eigenvalue weighted by Crippen LogP contribution is -2.34. The molecule has 0 atom stereocenters. The second-order valence-corrected chi connectivity index (χ2v) is 7.06. The van der Waals surface area contributed by atoms with Crippen molar-refractivity contribution in [3.05, 3.63) is 35.4 Å². The maximum absolute atomic E-state index is 11.8. The molecule has 0 aliphatic carbocycles. The highest BCUT2D eigenvalue weighted by Crippen LogP contribution is 2.10. The van der Waals surface area contributed by atoms with E-state index in [1.165, 1.54) is 50.5 Å². The fourth-order valence-electron chi connectivity index (χ4n) is 2.73. The summed E-state index contributed by atoms with van der Waals surface area (Å²) in [4.78, 5) is 23.4. The van der Waals surface area contributed by atoms with Crippen LogP contribution in [0.4, 0.5) is 0 Å². The van der Waals surface area contributed by atoms with Crippen molar-refractivity contribution in [1.82, 2.24) is 10.7 Å². The zero-order chi connectivity index (χ0) is 19.7. The summed E-state index contributed by atoms with van der Waals surface area (Å²) in [7, 11) is 0. The summed E-state index contributed by atoms with van der Waals surface area (Å²) in [6, 6.07) is 7.82. The van der Waals surface area contributed by atoms with Crippen LogP contribution < -0.4 is 10.7 Å². The fraction of sp³-hybridized carbons (Fsp3) is 0.591. The second kappa shape index (κ2) is 14.9. The molecular weight excluding hydrogens is 338 g/mol. The Hall–Kier alpha value is -2.17. The van der Waals surface area contributed by atoms with Gasteiger partial charge < -0.3 is 5.32 Å². The summed E-state index contributed by atoms with van der Waals surface area (Å²) in [6.07, 6.45) is 13.1. The zero-order valence-corrected chi connectivity index (χ0v) is 16.9. The highest BCUT2D eigenvalue weighted by Gasteiger charge is 2.04. The van der Waals surface area contributed by atoms with E-state index in [1.54, 1.807) is 6.21 Å². The van der Waals surface area contributed by atoms with Gasteiger partial charge in [-0.1, -0.05) is 88.1 Å². The molecule has 0 aliphatic rings. The Labute approximate surface area is 164 Å². The molecule has 0 saturated heterocycles. The maximum atomic E-state index is 11.8. The van der Waals surface area contributed by atoms with Crippen LogP contribution in [0.15, 0.2) is 29.4 Å². The van der Waals surface area contributed by atoms with Gasteiger partial charge in [0.25, 0.3) is 5.91 Å². The molecule has 0 aliphatic heterocycles. The first-order chi connectivity index (χ1) is 13.1. The van der Waals surface area contributed by atoms with E-state index in [2.05, 4.69) is 22.8 Å². The molecule has 1 aromatic rings. The van der Waals surface area contributed by atoms with Crippen molar-refractivity contribution in [2.24, 2.45) is 5.10 Å². The normalized spacial score (nSPS) is 10.9. The number of nitrogens with one attached hydrogen (secondary N) is 2. The number of hydrazone groups is 1. The summed E-state index contributed by atoms with van der Waals surface area (Å²) in [5.41, 5.74) is 4.51. The third-order valence-corrected chi connectivity index (χ3v) is 4.43. The van der Waals surface area contributed by atoms with Crippen LogP contribution >= 0.6 is 0 Å². The van der Waals surface area contributed by atoms with Gasteiger partial charge in [0.15, 0.2) is 0 Å². The lowest BCUT2D eigenvalue weighted by molar-refractivity contribution is -0.126. The summed E-state index contributed by atoms with van der Waals surface area (Å²) >= 11 is 0. The number of amides is 2. The molecule has 5 heteroatoms. The van der Waals surface area contributed by atoms with Crippen LogP contribution in [0.1, 0.15) is 82.3 Å². The van der Waals surface area contributed by atoms with Crippen molar-refractivity contribution >= 4 is 18.0 Å². The van der Waals surface area contributed by atoms with Gasteiger partial charge in [0.2, 0.25) is 5.91 Å². The molecule has 1 rings (SSSR count). The third-order valence-electron chi connectivity index (χ3n) is 4.43. The van der Waals surface area contributed by atoms with Crippen LogP contribution in [0.5, 0.6) is 0 Å². The molecular formula is C22H35N3O2. The standard InChI is InChI=1S/C22H35N3O2/c1-3-4-5-6-7-8-9-10-11-12-21(26)23-18-22(27)25-24-17-20-15-13-19(2)14-16-20/h13-17H,3-12,18H2,1-2H3,(H,23,26)(H,25,27)/b24-17+. The molecule has 2 N–H and O–H groups in total. The van der Waals surface area contributed by atoms with Crippen molar-refractivity contribution in [3.8, 4) is 0 Å². The van der Waals surface area contributed by atoms with Gasteiger partial charge in [-0.25, -0.2) is 5.43 Å². The van der Waals surface area contributed by atoms with Gasteiger partial charge in [0.1, 0.15) is 0 Å². The Morgan fingerprint density at radius 1 is 0.889 bits per heavy atom. The van der Waals surface area contributed by atoms with E-state index in [0.29, 0.717) is 6.42 Å². The lowest BCUT2D eigenvalue weighted by atomic mass is 10.1. The molecule has 0 spiro atoms. The average molecular weight is 374 g/mol. The number of carbonyl (C=O) groups is 2. The molecule has 0 radical (unpaired) electrons. The highest BCUT2D eigenvalue weighted by molar-refractivity contribution is 5.86. The number of aryl methyl sites for hydroxylation is 1. The molecule has 0 fully saturated rings. The van der Waals surface area contributed by atoms with Crippen LogP contribution in [0, 0.1) is 6.92 Å². The molecule has 0 saturated carbocycles. The monoisotopic (exact) mass is 373 g/mol. The Balaban J connectivity index is 2.00. The van der Waals surface area contributed by atoms with Crippen molar-refractivity contribution in [2.75, 3.05) is 6.54 Å². The number of unbranched alkanes of at least 4 members (excludes halogenated alkanes) is 8. The van der Waals surface area contributed by atoms with Gasteiger partial charge in [0.05, 0.1) is 12.8 Å². The van der Waals surface area contributed by atoms with Crippen LogP contribution in [0.25, 0.3) is 0 Å². The minimum atomic E-state index is -0.321. The predicted molar refractivity (Wildman–Crippen MR) is 112 cm³/mol. The van der Waals surface area contributed by atoms with Crippen molar-refractivity contribution in [2.45, 2.75) is 78.1 Å². The van der Waals surface area contributed by atoms with E-state index in [4.69, 9.17) is 0 Å². The van der Waals surface area contributed by atoms with E-state index in [1.807, 2.05) is 31.2 Å². The molecule has 0 aromatic heterocycles. The largest absolute Gasteiger partial charge is 0.347 e. The van der Waals surface area contributed by atoms with Gasteiger partial charge in [-0.2, -0.15) is 5.10 Å². The Kier molecular flexibility index (Phi) is 12.7. The molecule has 0 unspecified atom stereocenters. The lowest BCUT2D eigenvalue weighted by Gasteiger charge is -2.05. The summed E-state index contributed by atoms with van der Waals surface area (Å²) in [5.74, 6) is -0.394. The summed E-state index contributed by atoms with van der Waals surface area (Å²) in [5, 5.41) is 6.53. The van der Waals surface area contributed by atoms with E-state index in [-0.39, 0.29) is 18.4 Å². The van der Waals surface area contributed by atoms with E-state index >= 15 is 0 Å². The summed E-state index contributed by atoms with van der Waals surface area (Å²) < 4.78 is 0. The minimum Gasteiger partial charge on any atom is -0.347 e. The maximum Gasteiger partial charge on any atom is 0.259 e. The van der Waals surface area contributed by atoms with Crippen molar-refractivity contribution in [1.29, 1.82) is 0 Å². The van der Waals surface area contributed by atoms with E-state index in [9.17, 15) is 9.59 Å². The fourth-order valence-corrected chi connectivity index (χ4v) is 2.73. The number of hydrogen-bond donors (Lipinski definition) is 2. The number of rotatable bonds is 14. The quantitative estimate of drug-likeness (QED) is 0.287. The van der Waals surface area contributed by atoms with Gasteiger partial charge in [-0.15, -0.1) is 0 Å². The van der Waals surface area contributed by atoms with Gasteiger partial charge in [-0.05, 0) is 18.9 Å². The minimum absolute atomic E-state index is 0.0402. The molecule has 27 heavy (non-hydrogen) atoms. The van der Waals surface area contributed by atoms with Crippen LogP contribution in [-0.4, -0.2) is 24.6 Å². The van der Waals surface area contributed by atoms with Crippen molar-refractivity contribution in [3.63, 3.8) is 0 Å². The zero-order valence-electron chi connectivity index (χ0n) is 16.9. The molecule has 1 aromatic carbocycles. The van der Waals surface area contributed by atoms with Crippen LogP contribution in [-0.2, 0) is 9.59 Å². The Morgan fingerprint density at radius 3 is 2.11 bits per heavy atom. The smallest absolute Gasteiger partial charge is 0.259 e. The predicted octanol–water partition coefficient (Wildman–Crippen LogP) is 4.48. The summed E-state index contributed by atoms with van der Waals surface area (Å²) in [6.45, 7) is 4.20. The number of hydrogen-bond acceptors (Lipinski definition) is 3. The first-order valence-electron chi connectivity index (χ1n) is 10.3. The topological polar surface area (TPSA) is 70.6 Å². The molecule has 0 bridgehead atoms. The number of nitrogens with zero attached hydrogens (tertiary/aromatic N) is 1. The number of benzene rings is 1. The number of carbonyl (C=O) groups excluding carboxylic acids is 2. The second-order valence-electron chi connectivity index (χ2n) is 7.06. The molecule has 150 valence electrons. The average Bonchev–Trinajstić information content (AvgIpc) is 2.66.